The molecule has 0 atom stereocenters. The molecule has 0 unspecified atom stereocenters. The van der Waals surface area contributed by atoms with Gasteiger partial charge in [0.25, 0.3) is 11.5 Å². The second kappa shape index (κ2) is 9.02. The molecule has 0 spiro atoms. The van der Waals surface area contributed by atoms with E-state index in [0.29, 0.717) is 29.1 Å². The number of nitrogens with one attached hydrogen (secondary N) is 1. The largest absolute Gasteiger partial charge is 0.349 e. The van der Waals surface area contributed by atoms with Crippen LogP contribution in [0, 0.1) is 5.82 Å². The van der Waals surface area contributed by atoms with E-state index in [4.69, 9.17) is 0 Å². The molecule has 7 heteroatoms. The molecule has 2 heterocycles. The van der Waals surface area contributed by atoms with E-state index in [0.717, 1.165) is 31.2 Å². The van der Waals surface area contributed by atoms with Crippen LogP contribution in [0.1, 0.15) is 48.0 Å². The van der Waals surface area contributed by atoms with Crippen LogP contribution in [0.25, 0.3) is 16.9 Å². The average Bonchev–Trinajstić information content (AvgIpc) is 3.17. The van der Waals surface area contributed by atoms with Gasteiger partial charge < -0.3 is 9.88 Å². The number of pyridine rings is 1. The third kappa shape index (κ3) is 4.44. The van der Waals surface area contributed by atoms with Crippen molar-refractivity contribution >= 4 is 5.91 Å². The molecule has 5 rings (SSSR count). The van der Waals surface area contributed by atoms with Crippen LogP contribution in [-0.2, 0) is 6.54 Å². The molecule has 1 N–H and O–H groups in total. The molecular weight excluding hydrogens is 419 g/mol. The lowest BCUT2D eigenvalue weighted by Gasteiger charge is -2.23. The van der Waals surface area contributed by atoms with Gasteiger partial charge in [-0.3, -0.25) is 9.59 Å². The minimum Gasteiger partial charge on any atom is -0.349 e. The number of amides is 1. The van der Waals surface area contributed by atoms with E-state index in [9.17, 15) is 14.0 Å². The van der Waals surface area contributed by atoms with Crippen LogP contribution >= 0.6 is 0 Å². The summed E-state index contributed by atoms with van der Waals surface area (Å²) in [7, 11) is 0. The van der Waals surface area contributed by atoms with Gasteiger partial charge in [0.1, 0.15) is 11.5 Å². The van der Waals surface area contributed by atoms with Crippen molar-refractivity contribution in [3.05, 3.63) is 94.3 Å². The maximum absolute atomic E-state index is 13.3. The van der Waals surface area contributed by atoms with Gasteiger partial charge in [0.15, 0.2) is 0 Å². The fraction of sp³-hybridized carbons (Fsp3) is 0.269. The number of nitrogens with zero attached hydrogens (tertiary/aromatic N) is 3. The van der Waals surface area contributed by atoms with Crippen LogP contribution in [-0.4, -0.2) is 26.3 Å². The molecule has 168 valence electrons. The number of para-hydroxylation sites is 1. The Kier molecular flexibility index (Phi) is 5.77. The smallest absolute Gasteiger partial charge is 0.282 e. The van der Waals surface area contributed by atoms with E-state index >= 15 is 0 Å². The summed E-state index contributed by atoms with van der Waals surface area (Å²) in [6.45, 7) is 0.399. The Morgan fingerprint density at radius 3 is 2.45 bits per heavy atom. The van der Waals surface area contributed by atoms with Gasteiger partial charge in [-0.1, -0.05) is 49.6 Å². The van der Waals surface area contributed by atoms with Gasteiger partial charge in [-0.25, -0.2) is 4.39 Å². The third-order valence-electron chi connectivity index (χ3n) is 6.19. The van der Waals surface area contributed by atoms with Crippen molar-refractivity contribution in [2.24, 2.45) is 0 Å². The Balaban J connectivity index is 1.58. The van der Waals surface area contributed by atoms with Crippen LogP contribution < -0.4 is 10.9 Å². The minimum absolute atomic E-state index is 0.134. The van der Waals surface area contributed by atoms with Crippen molar-refractivity contribution in [1.29, 1.82) is 0 Å². The van der Waals surface area contributed by atoms with E-state index in [2.05, 4.69) is 10.4 Å². The van der Waals surface area contributed by atoms with E-state index in [1.54, 1.807) is 29.1 Å². The molecule has 1 amide bonds. The molecule has 0 radical (unpaired) electrons. The third-order valence-corrected chi connectivity index (χ3v) is 6.19. The fourth-order valence-electron chi connectivity index (χ4n) is 4.47. The molecule has 3 aliphatic rings. The Hall–Kier alpha value is -3.74. The van der Waals surface area contributed by atoms with Crippen molar-refractivity contribution in [2.45, 2.75) is 44.7 Å². The predicted octanol–water partition coefficient (Wildman–Crippen LogP) is 4.39. The molecule has 0 bridgehead atoms. The minimum atomic E-state index is -0.308. The Morgan fingerprint density at radius 1 is 1.00 bits per heavy atom. The molecular formula is C26H25FN4O2. The summed E-state index contributed by atoms with van der Waals surface area (Å²) >= 11 is 0. The topological polar surface area (TPSA) is 68.9 Å². The number of rotatable bonds is 5. The van der Waals surface area contributed by atoms with Gasteiger partial charge >= 0.3 is 0 Å². The number of aromatic nitrogens is 3. The van der Waals surface area contributed by atoms with Crippen LogP contribution in [0.5, 0.6) is 0 Å². The first-order valence-corrected chi connectivity index (χ1v) is 11.3. The Labute approximate surface area is 191 Å². The molecule has 33 heavy (non-hydrogen) atoms. The maximum Gasteiger partial charge on any atom is 0.282 e. The number of hydrogen-bond donors (Lipinski definition) is 1. The zero-order chi connectivity index (χ0) is 22.8. The summed E-state index contributed by atoms with van der Waals surface area (Å²) in [4.78, 5) is 26.6. The zero-order valence-corrected chi connectivity index (χ0v) is 18.2. The summed E-state index contributed by atoms with van der Waals surface area (Å²) in [6.07, 6.45) is 8.77. The number of hydrogen-bond acceptors (Lipinski definition) is 3. The van der Waals surface area contributed by atoms with Crippen molar-refractivity contribution in [1.82, 2.24) is 19.7 Å². The molecule has 2 aromatic carbocycles. The highest BCUT2D eigenvalue weighted by molar-refractivity contribution is 6.00. The van der Waals surface area contributed by atoms with Crippen molar-refractivity contribution < 1.29 is 9.18 Å². The average molecular weight is 445 g/mol. The summed E-state index contributed by atoms with van der Waals surface area (Å²) < 4.78 is 16.5. The number of halogens is 1. The fourth-order valence-corrected chi connectivity index (χ4v) is 4.47. The van der Waals surface area contributed by atoms with Gasteiger partial charge in [-0.05, 0) is 42.7 Å². The van der Waals surface area contributed by atoms with E-state index in [1.165, 1.54) is 23.2 Å². The first kappa shape index (κ1) is 21.1. The second-order valence-electron chi connectivity index (χ2n) is 8.59. The monoisotopic (exact) mass is 444 g/mol. The molecule has 6 nitrogen and oxygen atoms in total. The summed E-state index contributed by atoms with van der Waals surface area (Å²) in [6, 6.07) is 15.5. The summed E-state index contributed by atoms with van der Waals surface area (Å²) in [5.74, 6) is -0.532. The highest BCUT2D eigenvalue weighted by Crippen LogP contribution is 2.24. The highest BCUT2D eigenvalue weighted by Gasteiger charge is 2.26. The Bertz CT molecular complexity index is 1290. The van der Waals surface area contributed by atoms with Gasteiger partial charge in [0.2, 0.25) is 0 Å². The molecule has 1 saturated carbocycles. The van der Waals surface area contributed by atoms with Crippen molar-refractivity contribution in [3.8, 4) is 16.9 Å². The van der Waals surface area contributed by atoms with Crippen LogP contribution in [0.2, 0.25) is 0 Å². The quantitative estimate of drug-likeness (QED) is 0.496. The first-order valence-electron chi connectivity index (χ1n) is 11.3. The molecule has 1 fully saturated rings. The van der Waals surface area contributed by atoms with Gasteiger partial charge in [-0.15, -0.1) is 0 Å². The zero-order valence-electron chi connectivity index (χ0n) is 18.2. The number of fused-ring (bicyclic) bond motifs is 1. The standard InChI is InChI=1S/C26H25FN4O2/c27-19-13-11-18(12-14-19)15-30-16-22(25(32)28-20-7-3-1-4-8-20)24-23(17-30)26(33)31(29-24)21-9-5-2-6-10-21/h2,5-6,9-14,16-17,20H,1,3-4,7-8,15H2,(H,28,32). The van der Waals surface area contributed by atoms with Crippen LogP contribution in [0.3, 0.4) is 0 Å². The lowest BCUT2D eigenvalue weighted by Crippen LogP contribution is -2.36. The lowest BCUT2D eigenvalue weighted by atomic mass is 9.95. The van der Waals surface area contributed by atoms with Crippen LogP contribution in [0.15, 0.2) is 71.8 Å². The van der Waals surface area contributed by atoms with E-state index in [1.807, 2.05) is 30.3 Å². The van der Waals surface area contributed by atoms with E-state index in [-0.39, 0.29) is 23.3 Å². The van der Waals surface area contributed by atoms with Gasteiger partial charge in [0.05, 0.1) is 16.8 Å². The van der Waals surface area contributed by atoms with Crippen LogP contribution in [0.4, 0.5) is 4.39 Å². The SMILES string of the molecule is O=C(NC1CCCCC1)c1cn(Cc2ccc(F)cc2)cc2c(=O)n(-c3ccccc3)nc1-2. The number of benzene rings is 2. The van der Waals surface area contributed by atoms with Crippen molar-refractivity contribution in [3.63, 3.8) is 0 Å². The molecule has 0 aromatic heterocycles. The molecule has 2 aliphatic heterocycles. The molecule has 1 aliphatic carbocycles. The number of carbonyl (C=O) groups is 1. The molecule has 2 aromatic rings. The second-order valence-corrected chi connectivity index (χ2v) is 8.59. The number of carbonyl (C=O) groups excluding carboxylic acids is 1. The highest BCUT2D eigenvalue weighted by atomic mass is 19.1. The summed E-state index contributed by atoms with van der Waals surface area (Å²) in [5, 5.41) is 7.68. The Morgan fingerprint density at radius 2 is 1.73 bits per heavy atom. The van der Waals surface area contributed by atoms with Gasteiger partial charge in [0, 0.05) is 25.0 Å². The normalized spacial score (nSPS) is 14.5. The maximum atomic E-state index is 13.3. The van der Waals surface area contributed by atoms with E-state index < -0.39 is 0 Å². The lowest BCUT2D eigenvalue weighted by molar-refractivity contribution is 0.0927. The first-order chi connectivity index (χ1) is 16.1. The predicted molar refractivity (Wildman–Crippen MR) is 124 cm³/mol. The molecule has 0 saturated heterocycles. The van der Waals surface area contributed by atoms with Crippen molar-refractivity contribution in [2.75, 3.05) is 0 Å². The van der Waals surface area contributed by atoms with Gasteiger partial charge in [-0.2, -0.15) is 9.78 Å². The summed E-state index contributed by atoms with van der Waals surface area (Å²) in [5.41, 5.74) is 2.35.